The topological polar surface area (TPSA) is 73.1 Å². The fourth-order valence-corrected chi connectivity index (χ4v) is 1.87. The van der Waals surface area contributed by atoms with Crippen molar-refractivity contribution in [2.24, 2.45) is 0 Å². The average Bonchev–Trinajstić information content (AvgIpc) is 2.31. The molecule has 0 amide bonds. The summed E-state index contributed by atoms with van der Waals surface area (Å²) >= 11 is 3.21. The van der Waals surface area contributed by atoms with Crippen molar-refractivity contribution in [1.29, 1.82) is 0 Å². The molecule has 0 aliphatic heterocycles. The highest BCUT2D eigenvalue weighted by atomic mass is 79.9. The van der Waals surface area contributed by atoms with Gasteiger partial charge in [-0.05, 0) is 35.0 Å². The zero-order chi connectivity index (χ0) is 13.8. The van der Waals surface area contributed by atoms with E-state index in [9.17, 15) is 4.39 Å². The van der Waals surface area contributed by atoms with Gasteiger partial charge in [0.25, 0.3) is 0 Å². The maximum atomic E-state index is 13.7. The van der Waals surface area contributed by atoms with Gasteiger partial charge in [0.2, 0.25) is 5.95 Å². The molecule has 2 rings (SSSR count). The Labute approximate surface area is 118 Å². The molecule has 0 aliphatic rings. The molecule has 7 heteroatoms. The van der Waals surface area contributed by atoms with Gasteiger partial charge in [0.05, 0.1) is 6.61 Å². The maximum absolute atomic E-state index is 13.7. The molecular weight excluding hydrogens is 315 g/mol. The average molecular weight is 327 g/mol. The summed E-state index contributed by atoms with van der Waals surface area (Å²) in [5.74, 6) is 0.365. The van der Waals surface area contributed by atoms with Gasteiger partial charge < -0.3 is 15.8 Å². The van der Waals surface area contributed by atoms with Crippen molar-refractivity contribution < 1.29 is 9.13 Å². The first-order valence-corrected chi connectivity index (χ1v) is 6.37. The highest BCUT2D eigenvalue weighted by Crippen LogP contribution is 2.23. The number of nitrogens with zero attached hydrogens (tertiary/aromatic N) is 2. The van der Waals surface area contributed by atoms with E-state index < -0.39 is 5.82 Å². The number of rotatable bonds is 4. The Morgan fingerprint density at radius 1 is 1.37 bits per heavy atom. The molecule has 5 nitrogen and oxygen atoms in total. The highest BCUT2D eigenvalue weighted by Gasteiger charge is 2.06. The molecule has 2 aromatic rings. The summed E-state index contributed by atoms with van der Waals surface area (Å²) in [6.07, 6.45) is 0. The summed E-state index contributed by atoms with van der Waals surface area (Å²) < 4.78 is 19.3. The third-order valence-electron chi connectivity index (χ3n) is 2.20. The number of aromatic nitrogens is 2. The molecule has 0 fully saturated rings. The van der Waals surface area contributed by atoms with Gasteiger partial charge in [0.1, 0.15) is 10.4 Å². The summed E-state index contributed by atoms with van der Waals surface area (Å²) in [5, 5.41) is 2.87. The maximum Gasteiger partial charge on any atom is 0.230 e. The lowest BCUT2D eigenvalue weighted by atomic mass is 10.3. The number of nitrogen functional groups attached to an aromatic ring is 1. The first-order chi connectivity index (χ1) is 9.08. The fourth-order valence-electron chi connectivity index (χ4n) is 1.47. The largest absolute Gasteiger partial charge is 0.491 e. The van der Waals surface area contributed by atoms with E-state index in [0.717, 1.165) is 0 Å². The molecule has 0 bridgehead atoms. The molecule has 3 N–H and O–H groups in total. The van der Waals surface area contributed by atoms with Crippen LogP contribution in [0.4, 0.5) is 21.8 Å². The Bertz CT molecular complexity index is 574. The van der Waals surface area contributed by atoms with Crippen molar-refractivity contribution in [3.8, 4) is 5.75 Å². The third kappa shape index (κ3) is 3.54. The quantitative estimate of drug-likeness (QED) is 0.844. The summed E-state index contributed by atoms with van der Waals surface area (Å²) in [5.41, 5.74) is 6.10. The molecule has 1 heterocycles. The van der Waals surface area contributed by atoms with Crippen molar-refractivity contribution in [1.82, 2.24) is 9.97 Å². The van der Waals surface area contributed by atoms with E-state index in [1.54, 1.807) is 25.1 Å². The lowest BCUT2D eigenvalue weighted by Gasteiger charge is -2.08. The summed E-state index contributed by atoms with van der Waals surface area (Å²) in [6.45, 7) is 2.21. The normalized spacial score (nSPS) is 10.3. The van der Waals surface area contributed by atoms with Crippen molar-refractivity contribution >= 4 is 33.4 Å². The number of anilines is 3. The van der Waals surface area contributed by atoms with Gasteiger partial charge >= 0.3 is 0 Å². The van der Waals surface area contributed by atoms with Crippen LogP contribution in [0.15, 0.2) is 28.9 Å². The molecule has 0 aliphatic carbocycles. The highest BCUT2D eigenvalue weighted by molar-refractivity contribution is 9.10. The minimum atomic E-state index is -0.449. The number of halogens is 2. The Hall–Kier alpha value is -1.89. The summed E-state index contributed by atoms with van der Waals surface area (Å²) in [6, 6.07) is 6.10. The Balaban J connectivity index is 2.21. The van der Waals surface area contributed by atoms with Crippen LogP contribution in [0.5, 0.6) is 5.75 Å². The number of hydrogen-bond acceptors (Lipinski definition) is 5. The van der Waals surface area contributed by atoms with Crippen LogP contribution in [-0.2, 0) is 0 Å². The number of benzene rings is 1. The number of hydrogen-bond donors (Lipinski definition) is 2. The molecule has 19 heavy (non-hydrogen) atoms. The molecule has 0 saturated carbocycles. The molecule has 0 saturated heterocycles. The van der Waals surface area contributed by atoms with Gasteiger partial charge in [-0.3, -0.25) is 0 Å². The second-order valence-electron chi connectivity index (χ2n) is 3.64. The minimum Gasteiger partial charge on any atom is -0.491 e. The van der Waals surface area contributed by atoms with Crippen molar-refractivity contribution in [2.45, 2.75) is 6.92 Å². The molecule has 0 unspecified atom stereocenters. The third-order valence-corrected chi connectivity index (χ3v) is 2.61. The Morgan fingerprint density at radius 2 is 2.16 bits per heavy atom. The molecule has 1 aromatic carbocycles. The van der Waals surface area contributed by atoms with Crippen LogP contribution in [0, 0.1) is 5.82 Å². The van der Waals surface area contributed by atoms with Gasteiger partial charge in [-0.25, -0.2) is 9.37 Å². The lowest BCUT2D eigenvalue weighted by Crippen LogP contribution is -2.01. The number of ether oxygens (including phenoxy) is 1. The second kappa shape index (κ2) is 5.83. The van der Waals surface area contributed by atoms with Crippen molar-refractivity contribution in [3.05, 3.63) is 34.7 Å². The molecular formula is C12H12BrFN4O. The monoisotopic (exact) mass is 326 g/mol. The van der Waals surface area contributed by atoms with E-state index in [2.05, 4.69) is 31.2 Å². The minimum absolute atomic E-state index is 0.211. The van der Waals surface area contributed by atoms with Gasteiger partial charge in [-0.15, -0.1) is 0 Å². The van der Waals surface area contributed by atoms with Crippen LogP contribution in [0.3, 0.4) is 0 Å². The van der Waals surface area contributed by atoms with Crippen molar-refractivity contribution in [3.63, 3.8) is 0 Å². The molecule has 0 radical (unpaired) electrons. The fraction of sp³-hybridized carbons (Fsp3) is 0.167. The smallest absolute Gasteiger partial charge is 0.230 e. The van der Waals surface area contributed by atoms with Crippen LogP contribution in [0.2, 0.25) is 0 Å². The van der Waals surface area contributed by atoms with Crippen molar-refractivity contribution in [2.75, 3.05) is 17.7 Å². The first kappa shape index (κ1) is 13.5. The zero-order valence-corrected chi connectivity index (χ0v) is 11.7. The van der Waals surface area contributed by atoms with Gasteiger partial charge in [0.15, 0.2) is 11.6 Å². The van der Waals surface area contributed by atoms with E-state index in [0.29, 0.717) is 22.7 Å². The summed E-state index contributed by atoms with van der Waals surface area (Å²) in [4.78, 5) is 8.07. The number of nitrogens with two attached hydrogens (primary N) is 1. The van der Waals surface area contributed by atoms with Crippen LogP contribution in [-0.4, -0.2) is 16.6 Å². The molecule has 0 spiro atoms. The van der Waals surface area contributed by atoms with Crippen LogP contribution in [0.25, 0.3) is 0 Å². The van der Waals surface area contributed by atoms with E-state index in [-0.39, 0.29) is 11.7 Å². The van der Waals surface area contributed by atoms with E-state index in [1.165, 1.54) is 6.07 Å². The standard InChI is InChI=1S/C12H12BrFN4O/c1-2-19-9-4-3-7(5-8(9)14)16-12-17-10(13)6-11(15)18-12/h3-6H,2H2,1H3,(H3,15,16,17,18). The van der Waals surface area contributed by atoms with Gasteiger partial charge in [0, 0.05) is 17.8 Å². The first-order valence-electron chi connectivity index (χ1n) is 5.58. The van der Waals surface area contributed by atoms with E-state index in [4.69, 9.17) is 10.5 Å². The molecule has 100 valence electrons. The van der Waals surface area contributed by atoms with Gasteiger partial charge in [-0.2, -0.15) is 4.98 Å². The second-order valence-corrected chi connectivity index (χ2v) is 4.45. The zero-order valence-electron chi connectivity index (χ0n) is 10.2. The van der Waals surface area contributed by atoms with E-state index >= 15 is 0 Å². The lowest BCUT2D eigenvalue weighted by molar-refractivity contribution is 0.321. The van der Waals surface area contributed by atoms with E-state index in [1.807, 2.05) is 0 Å². The molecule has 0 atom stereocenters. The Morgan fingerprint density at radius 3 is 2.79 bits per heavy atom. The van der Waals surface area contributed by atoms with Gasteiger partial charge in [-0.1, -0.05) is 0 Å². The molecule has 1 aromatic heterocycles. The SMILES string of the molecule is CCOc1ccc(Nc2nc(N)cc(Br)n2)cc1F. The summed E-state index contributed by atoms with van der Waals surface area (Å²) in [7, 11) is 0. The number of nitrogens with one attached hydrogen (secondary N) is 1. The van der Waals surface area contributed by atoms with Crippen LogP contribution < -0.4 is 15.8 Å². The predicted molar refractivity (Wildman–Crippen MR) is 75.0 cm³/mol. The predicted octanol–water partition coefficient (Wildman–Crippen LogP) is 3.10. The van der Waals surface area contributed by atoms with Crippen LogP contribution >= 0.6 is 15.9 Å². The van der Waals surface area contributed by atoms with Crippen LogP contribution in [0.1, 0.15) is 6.92 Å². The Kier molecular flexibility index (Phi) is 4.16.